The van der Waals surface area contributed by atoms with Crippen LogP contribution in [0.25, 0.3) is 11.1 Å². The monoisotopic (exact) mass is 233 g/mol. The Hall–Kier alpha value is -1.68. The van der Waals surface area contributed by atoms with Crippen LogP contribution in [0.4, 0.5) is 4.39 Å². The van der Waals surface area contributed by atoms with E-state index in [2.05, 4.69) is 5.10 Å². The van der Waals surface area contributed by atoms with Crippen LogP contribution < -0.4 is 5.73 Å². The molecular weight excluding hydrogens is 217 g/mol. The Kier molecular flexibility index (Phi) is 3.24. The van der Waals surface area contributed by atoms with Crippen molar-refractivity contribution in [2.75, 3.05) is 0 Å². The number of halogens is 1. The molecule has 1 heterocycles. The third-order valence-corrected chi connectivity index (χ3v) is 2.71. The van der Waals surface area contributed by atoms with Crippen LogP contribution >= 0.6 is 0 Å². The highest BCUT2D eigenvalue weighted by atomic mass is 19.1. The number of hydrogen-bond acceptors (Lipinski definition) is 2. The van der Waals surface area contributed by atoms with Crippen molar-refractivity contribution in [1.82, 2.24) is 9.78 Å². The third kappa shape index (κ3) is 2.36. The minimum absolute atomic E-state index is 0.253. The van der Waals surface area contributed by atoms with Crippen LogP contribution in [0.5, 0.6) is 0 Å². The highest BCUT2D eigenvalue weighted by Gasteiger charge is 2.09. The number of nitrogens with two attached hydrogens (primary N) is 1. The summed E-state index contributed by atoms with van der Waals surface area (Å²) in [6.45, 7) is 4.41. The minimum atomic E-state index is -0.253. The normalized spacial score (nSPS) is 11.1. The fraction of sp³-hybridized carbons (Fsp3) is 0.308. The van der Waals surface area contributed by atoms with Crippen molar-refractivity contribution < 1.29 is 4.39 Å². The van der Waals surface area contributed by atoms with Crippen molar-refractivity contribution >= 4 is 0 Å². The standard InChI is InChI=1S/C13H16FN3/c1-9(2)17-8-11(7-16-17)12-4-3-10(6-15)5-13(12)14/h3-5,7-9H,6,15H2,1-2H3. The second kappa shape index (κ2) is 4.67. The van der Waals surface area contributed by atoms with Gasteiger partial charge in [0.05, 0.1) is 6.20 Å². The fourth-order valence-electron chi connectivity index (χ4n) is 1.68. The molecule has 0 unspecified atom stereocenters. The van der Waals surface area contributed by atoms with Crippen LogP contribution in [0, 0.1) is 5.82 Å². The van der Waals surface area contributed by atoms with Crippen molar-refractivity contribution in [2.24, 2.45) is 5.73 Å². The van der Waals surface area contributed by atoms with Crippen molar-refractivity contribution in [3.8, 4) is 11.1 Å². The summed E-state index contributed by atoms with van der Waals surface area (Å²) in [4.78, 5) is 0. The van der Waals surface area contributed by atoms with Gasteiger partial charge in [0.2, 0.25) is 0 Å². The maximum absolute atomic E-state index is 13.8. The molecule has 0 amide bonds. The Morgan fingerprint density at radius 1 is 1.41 bits per heavy atom. The molecule has 0 saturated heterocycles. The maximum atomic E-state index is 13.8. The summed E-state index contributed by atoms with van der Waals surface area (Å²) in [5, 5.41) is 4.20. The van der Waals surface area contributed by atoms with E-state index >= 15 is 0 Å². The maximum Gasteiger partial charge on any atom is 0.131 e. The molecule has 0 spiro atoms. The zero-order chi connectivity index (χ0) is 12.4. The molecule has 0 saturated carbocycles. The molecule has 0 atom stereocenters. The van der Waals surface area contributed by atoms with Gasteiger partial charge in [0.1, 0.15) is 5.82 Å². The molecule has 17 heavy (non-hydrogen) atoms. The first-order chi connectivity index (χ1) is 8.11. The number of rotatable bonds is 3. The van der Waals surface area contributed by atoms with Gasteiger partial charge in [-0.3, -0.25) is 4.68 Å². The fourth-order valence-corrected chi connectivity index (χ4v) is 1.68. The van der Waals surface area contributed by atoms with Gasteiger partial charge in [-0.15, -0.1) is 0 Å². The molecule has 2 rings (SSSR count). The Morgan fingerprint density at radius 3 is 2.71 bits per heavy atom. The van der Waals surface area contributed by atoms with Crippen LogP contribution in [0.1, 0.15) is 25.5 Å². The van der Waals surface area contributed by atoms with E-state index in [9.17, 15) is 4.39 Å². The molecule has 0 fully saturated rings. The molecule has 4 heteroatoms. The quantitative estimate of drug-likeness (QED) is 0.885. The summed E-state index contributed by atoms with van der Waals surface area (Å²) < 4.78 is 15.7. The average Bonchev–Trinajstić information content (AvgIpc) is 2.78. The second-order valence-electron chi connectivity index (χ2n) is 4.32. The molecule has 2 N–H and O–H groups in total. The number of aromatic nitrogens is 2. The molecule has 1 aromatic heterocycles. The summed E-state index contributed by atoms with van der Waals surface area (Å²) >= 11 is 0. The highest BCUT2D eigenvalue weighted by molar-refractivity contribution is 5.62. The highest BCUT2D eigenvalue weighted by Crippen LogP contribution is 2.23. The van der Waals surface area contributed by atoms with Gasteiger partial charge in [-0.05, 0) is 25.5 Å². The first-order valence-electron chi connectivity index (χ1n) is 5.65. The first-order valence-corrected chi connectivity index (χ1v) is 5.65. The predicted octanol–water partition coefficient (Wildman–Crippen LogP) is 2.73. The Labute approximate surface area is 100 Å². The van der Waals surface area contributed by atoms with Crippen molar-refractivity contribution in [3.63, 3.8) is 0 Å². The Morgan fingerprint density at radius 2 is 2.18 bits per heavy atom. The molecule has 0 bridgehead atoms. The van der Waals surface area contributed by atoms with Gasteiger partial charge in [-0.2, -0.15) is 5.10 Å². The van der Waals surface area contributed by atoms with E-state index in [1.165, 1.54) is 6.07 Å². The van der Waals surface area contributed by atoms with Gasteiger partial charge in [0, 0.05) is 29.9 Å². The molecule has 0 aliphatic heterocycles. The SMILES string of the molecule is CC(C)n1cc(-c2ccc(CN)cc2F)cn1. The van der Waals surface area contributed by atoms with Crippen molar-refractivity contribution in [1.29, 1.82) is 0 Å². The van der Waals surface area contributed by atoms with Crippen molar-refractivity contribution in [3.05, 3.63) is 42.0 Å². The Balaban J connectivity index is 2.38. The third-order valence-electron chi connectivity index (χ3n) is 2.71. The van der Waals surface area contributed by atoms with E-state index in [0.717, 1.165) is 11.1 Å². The zero-order valence-corrected chi connectivity index (χ0v) is 10.0. The van der Waals surface area contributed by atoms with E-state index in [1.54, 1.807) is 12.3 Å². The molecule has 2 aromatic rings. The van der Waals surface area contributed by atoms with Crippen molar-refractivity contribution in [2.45, 2.75) is 26.4 Å². The Bertz CT molecular complexity index is 517. The van der Waals surface area contributed by atoms with E-state index in [4.69, 9.17) is 5.73 Å². The van der Waals surface area contributed by atoms with Crippen LogP contribution in [-0.4, -0.2) is 9.78 Å². The van der Waals surface area contributed by atoms with Crippen LogP contribution in [0.3, 0.4) is 0 Å². The van der Waals surface area contributed by atoms with Gasteiger partial charge in [0.25, 0.3) is 0 Å². The molecule has 0 aliphatic rings. The smallest absolute Gasteiger partial charge is 0.131 e. The summed E-state index contributed by atoms with van der Waals surface area (Å²) in [6, 6.07) is 5.34. The lowest BCUT2D eigenvalue weighted by Crippen LogP contribution is -1.99. The molecule has 0 aliphatic carbocycles. The van der Waals surface area contributed by atoms with E-state index < -0.39 is 0 Å². The predicted molar refractivity (Wildman–Crippen MR) is 65.9 cm³/mol. The summed E-state index contributed by atoms with van der Waals surface area (Å²) in [7, 11) is 0. The summed E-state index contributed by atoms with van der Waals surface area (Å²) in [5.74, 6) is -0.253. The minimum Gasteiger partial charge on any atom is -0.326 e. The number of benzene rings is 1. The summed E-state index contributed by atoms with van der Waals surface area (Å²) in [5.41, 5.74) is 7.62. The largest absolute Gasteiger partial charge is 0.326 e. The van der Waals surface area contributed by atoms with Gasteiger partial charge in [-0.25, -0.2) is 4.39 Å². The lowest BCUT2D eigenvalue weighted by Gasteiger charge is -2.04. The second-order valence-corrected chi connectivity index (χ2v) is 4.32. The first kappa shape index (κ1) is 11.8. The molecule has 90 valence electrons. The van der Waals surface area contributed by atoms with E-state index in [1.807, 2.05) is 30.8 Å². The molecule has 1 aromatic carbocycles. The zero-order valence-electron chi connectivity index (χ0n) is 10.0. The average molecular weight is 233 g/mol. The van der Waals surface area contributed by atoms with E-state index in [-0.39, 0.29) is 11.9 Å². The topological polar surface area (TPSA) is 43.8 Å². The number of nitrogens with zero attached hydrogens (tertiary/aromatic N) is 2. The van der Waals surface area contributed by atoms with Gasteiger partial charge < -0.3 is 5.73 Å². The van der Waals surface area contributed by atoms with Crippen LogP contribution in [-0.2, 0) is 6.54 Å². The molecule has 3 nitrogen and oxygen atoms in total. The summed E-state index contributed by atoms with van der Waals surface area (Å²) in [6.07, 6.45) is 3.53. The van der Waals surface area contributed by atoms with Crippen LogP contribution in [0.2, 0.25) is 0 Å². The molecule has 0 radical (unpaired) electrons. The molecular formula is C13H16FN3. The van der Waals surface area contributed by atoms with Crippen LogP contribution in [0.15, 0.2) is 30.6 Å². The van der Waals surface area contributed by atoms with E-state index in [0.29, 0.717) is 12.1 Å². The lowest BCUT2D eigenvalue weighted by atomic mass is 10.1. The van der Waals surface area contributed by atoms with Gasteiger partial charge in [-0.1, -0.05) is 12.1 Å². The van der Waals surface area contributed by atoms with Gasteiger partial charge >= 0.3 is 0 Å². The van der Waals surface area contributed by atoms with Gasteiger partial charge in [0.15, 0.2) is 0 Å². The lowest BCUT2D eigenvalue weighted by molar-refractivity contribution is 0.532. The number of hydrogen-bond donors (Lipinski definition) is 1.